The fourth-order valence-electron chi connectivity index (χ4n) is 7.43. The van der Waals surface area contributed by atoms with Gasteiger partial charge in [0, 0.05) is 43.3 Å². The lowest BCUT2D eigenvalue weighted by atomic mass is 9.96. The van der Waals surface area contributed by atoms with Crippen molar-refractivity contribution in [2.45, 2.75) is 55.6 Å². The number of carbonyl (C=O) groups excluding carboxylic acids is 3. The van der Waals surface area contributed by atoms with Gasteiger partial charge in [-0.3, -0.25) is 19.2 Å². The molecule has 59 heavy (non-hydrogen) atoms. The Kier molecular flexibility index (Phi) is 10.5. The Hall–Kier alpha value is -6.78. The average Bonchev–Trinajstić information content (AvgIpc) is 3.24. The second kappa shape index (κ2) is 15.9. The molecule has 0 bridgehead atoms. The van der Waals surface area contributed by atoms with Crippen molar-refractivity contribution in [3.8, 4) is 28.6 Å². The molecule has 2 aliphatic heterocycles. The van der Waals surface area contributed by atoms with E-state index in [9.17, 15) is 44.7 Å². The van der Waals surface area contributed by atoms with Crippen molar-refractivity contribution >= 4 is 45.2 Å². The van der Waals surface area contributed by atoms with Gasteiger partial charge in [0.15, 0.2) is 23.0 Å². The Balaban J connectivity index is 0.919. The van der Waals surface area contributed by atoms with Crippen molar-refractivity contribution in [3.63, 3.8) is 0 Å². The first-order chi connectivity index (χ1) is 28.4. The maximum atomic E-state index is 13.4. The van der Waals surface area contributed by atoms with E-state index in [4.69, 9.17) is 13.9 Å². The number of nitrogens with zero attached hydrogens (tertiary/aromatic N) is 1. The number of amides is 3. The largest absolute Gasteiger partial charge is 0.504 e. The summed E-state index contributed by atoms with van der Waals surface area (Å²) in [6.07, 6.45) is -8.96. The first-order valence-corrected chi connectivity index (χ1v) is 18.8. The van der Waals surface area contributed by atoms with Crippen molar-refractivity contribution in [3.05, 3.63) is 131 Å². The molecule has 2 aliphatic rings. The van der Waals surface area contributed by atoms with E-state index < -0.39 is 71.4 Å². The van der Waals surface area contributed by atoms with Crippen LogP contribution in [0.1, 0.15) is 11.1 Å². The fourth-order valence-corrected chi connectivity index (χ4v) is 7.43. The first-order valence-electron chi connectivity index (χ1n) is 18.8. The molecule has 3 heterocycles. The van der Waals surface area contributed by atoms with Gasteiger partial charge in [-0.2, -0.15) is 0 Å². The van der Waals surface area contributed by atoms with Crippen molar-refractivity contribution in [1.82, 2.24) is 10.2 Å². The lowest BCUT2D eigenvalue weighted by Gasteiger charge is -2.39. The molecule has 15 heteroatoms. The molecule has 0 spiro atoms. The van der Waals surface area contributed by atoms with Crippen LogP contribution in [0.3, 0.4) is 0 Å². The van der Waals surface area contributed by atoms with Crippen LogP contribution in [0.4, 0.5) is 5.69 Å². The fraction of sp³-hybridized carbons (Fsp3) is 0.227. The number of anilines is 1. The van der Waals surface area contributed by atoms with E-state index in [0.717, 1.165) is 28.5 Å². The molecule has 2 fully saturated rings. The Bertz CT molecular complexity index is 2630. The third kappa shape index (κ3) is 7.67. The molecular formula is C44H39N3O12. The van der Waals surface area contributed by atoms with Crippen molar-refractivity contribution < 1.29 is 53.8 Å². The summed E-state index contributed by atoms with van der Waals surface area (Å²) in [4.78, 5) is 54.4. The van der Waals surface area contributed by atoms with Gasteiger partial charge in [0.25, 0.3) is 5.91 Å². The molecule has 0 aliphatic carbocycles. The van der Waals surface area contributed by atoms with Gasteiger partial charge >= 0.3 is 0 Å². The Morgan fingerprint density at radius 2 is 1.47 bits per heavy atom. The van der Waals surface area contributed by atoms with Gasteiger partial charge in [0.2, 0.25) is 23.9 Å². The topological polar surface area (TPSA) is 228 Å². The lowest BCUT2D eigenvalue weighted by molar-refractivity contribution is -0.265. The monoisotopic (exact) mass is 801 g/mol. The number of phenols is 2. The quantitative estimate of drug-likeness (QED) is 0.105. The third-order valence-electron chi connectivity index (χ3n) is 10.7. The van der Waals surface area contributed by atoms with Crippen LogP contribution in [0.25, 0.3) is 33.1 Å². The highest BCUT2D eigenvalue weighted by Crippen LogP contribution is 2.42. The summed E-state index contributed by atoms with van der Waals surface area (Å²) >= 11 is 0. The number of ether oxygens (including phenoxy) is 2. The van der Waals surface area contributed by atoms with Crippen LogP contribution >= 0.6 is 0 Å². The highest BCUT2D eigenvalue weighted by atomic mass is 16.7. The minimum atomic E-state index is -1.96. The maximum Gasteiger partial charge on any atom is 0.256 e. The summed E-state index contributed by atoms with van der Waals surface area (Å²) < 4.78 is 17.1. The molecule has 1 aromatic heterocycles. The SMILES string of the molecule is CN1C(=O)[C@@H](Cc2ccc(NC(=O)[C@H]3O[C@@H](Oc4cc5oc(-c6ccccc6)cc(=O)c5c(O)c4O)[C@H](O)[C@@H](O)[C@@H]3O)cc2)NC(=O)[C@H]1Cc1ccc2ccccc2c1. The number of aromatic hydroxyl groups is 2. The van der Waals surface area contributed by atoms with Crippen LogP contribution < -0.4 is 20.8 Å². The number of phenolic OH excluding ortho intramolecular Hbond substituents is 2. The third-order valence-corrected chi connectivity index (χ3v) is 10.7. The molecule has 0 radical (unpaired) electrons. The number of likely N-dealkylation sites (N-methyl/N-ethyl adjacent to an activating group) is 1. The van der Waals surface area contributed by atoms with Crippen LogP contribution in [-0.2, 0) is 32.0 Å². The van der Waals surface area contributed by atoms with Gasteiger partial charge in [-0.15, -0.1) is 0 Å². The number of fused-ring (bicyclic) bond motifs is 2. The molecular weight excluding hydrogens is 762 g/mol. The number of aliphatic hydroxyl groups excluding tert-OH is 3. The zero-order valence-electron chi connectivity index (χ0n) is 31.4. The highest BCUT2D eigenvalue weighted by Gasteiger charge is 2.48. The maximum absolute atomic E-state index is 13.4. The molecule has 8 rings (SSSR count). The first kappa shape index (κ1) is 39.1. The van der Waals surface area contributed by atoms with E-state index in [2.05, 4.69) is 10.6 Å². The number of hydrogen-bond donors (Lipinski definition) is 7. The van der Waals surface area contributed by atoms with E-state index in [-0.39, 0.29) is 40.7 Å². The Morgan fingerprint density at radius 3 is 2.22 bits per heavy atom. The van der Waals surface area contributed by atoms with E-state index in [1.807, 2.05) is 42.5 Å². The van der Waals surface area contributed by atoms with Crippen LogP contribution in [0, 0.1) is 0 Å². The number of benzene rings is 5. The number of hydrogen-bond acceptors (Lipinski definition) is 12. The second-order valence-corrected chi connectivity index (χ2v) is 14.6. The summed E-state index contributed by atoms with van der Waals surface area (Å²) in [6, 6.07) is 29.6. The Labute approximate surface area is 335 Å². The zero-order chi connectivity index (χ0) is 41.5. The number of aliphatic hydroxyl groups is 3. The van der Waals surface area contributed by atoms with Crippen LogP contribution in [0.15, 0.2) is 118 Å². The molecule has 5 aromatic carbocycles. The van der Waals surface area contributed by atoms with Crippen LogP contribution in [-0.4, -0.2) is 98.0 Å². The van der Waals surface area contributed by atoms with Gasteiger partial charge in [-0.05, 0) is 34.0 Å². The smallest absolute Gasteiger partial charge is 0.256 e. The minimum absolute atomic E-state index is 0.153. The molecule has 302 valence electrons. The summed E-state index contributed by atoms with van der Waals surface area (Å²) in [5, 5.41) is 60.8. The summed E-state index contributed by atoms with van der Waals surface area (Å²) in [6.45, 7) is 0. The molecule has 7 N–H and O–H groups in total. The van der Waals surface area contributed by atoms with E-state index in [1.54, 1.807) is 49.5 Å². The van der Waals surface area contributed by atoms with Crippen molar-refractivity contribution in [2.75, 3.05) is 12.4 Å². The molecule has 0 saturated carbocycles. The van der Waals surface area contributed by atoms with Gasteiger partial charge in [0.1, 0.15) is 47.1 Å². The zero-order valence-corrected chi connectivity index (χ0v) is 31.4. The van der Waals surface area contributed by atoms with Crippen molar-refractivity contribution in [1.29, 1.82) is 0 Å². The summed E-state index contributed by atoms with van der Waals surface area (Å²) in [7, 11) is 1.61. The molecule has 15 nitrogen and oxygen atoms in total. The predicted molar refractivity (Wildman–Crippen MR) is 213 cm³/mol. The standard InChI is InChI=1S/C44H39N3O12/c1-47-29(19-23-11-14-24-7-5-6-10-26(24)17-23)41(54)46-28(43(47)56)18-22-12-15-27(16-13-22)45-42(55)40-38(52)37(51)39(53)44(59-40)58-33-21-32-34(36(50)35(33)49)30(48)20-31(57-32)25-8-3-2-4-9-25/h2-17,20-21,28-29,37-40,44,49-53H,18-19H2,1H3,(H,45,55)(H,46,54)/t28-,29-,37+,38+,39-,40+,44-/m1/s1. The number of rotatable bonds is 9. The normalized spacial score (nSPS) is 23.3. The van der Waals surface area contributed by atoms with Gasteiger partial charge < -0.3 is 55.0 Å². The van der Waals surface area contributed by atoms with E-state index in [1.165, 1.54) is 17.0 Å². The average molecular weight is 802 g/mol. The van der Waals surface area contributed by atoms with E-state index >= 15 is 0 Å². The van der Waals surface area contributed by atoms with Crippen molar-refractivity contribution in [2.24, 2.45) is 0 Å². The van der Waals surface area contributed by atoms with Crippen LogP contribution in [0.5, 0.6) is 17.2 Å². The van der Waals surface area contributed by atoms with Gasteiger partial charge in [-0.25, -0.2) is 0 Å². The van der Waals surface area contributed by atoms with Gasteiger partial charge in [0.05, 0.1) is 0 Å². The molecule has 2 saturated heterocycles. The molecule has 7 atom stereocenters. The number of piperazine rings is 1. The second-order valence-electron chi connectivity index (χ2n) is 14.6. The summed E-state index contributed by atoms with van der Waals surface area (Å²) in [5.74, 6) is -3.60. The van der Waals surface area contributed by atoms with Gasteiger partial charge in [-0.1, -0.05) is 84.9 Å². The number of nitrogens with one attached hydrogen (secondary N) is 2. The van der Waals surface area contributed by atoms with Crippen LogP contribution in [0.2, 0.25) is 0 Å². The highest BCUT2D eigenvalue weighted by molar-refractivity contribution is 5.97. The number of carbonyl (C=O) groups is 3. The van der Waals surface area contributed by atoms with E-state index in [0.29, 0.717) is 17.5 Å². The molecule has 6 aromatic rings. The molecule has 3 amide bonds. The predicted octanol–water partition coefficient (Wildman–Crippen LogP) is 2.96. The molecule has 0 unspecified atom stereocenters. The summed E-state index contributed by atoms with van der Waals surface area (Å²) in [5.41, 5.74) is 1.56. The minimum Gasteiger partial charge on any atom is -0.504 e. The Morgan fingerprint density at radius 1 is 0.780 bits per heavy atom. The lowest BCUT2D eigenvalue weighted by Crippen LogP contribution is -2.63.